The zero-order valence-electron chi connectivity index (χ0n) is 7.68. The van der Waals surface area contributed by atoms with Crippen LogP contribution in [0.2, 0.25) is 0 Å². The Morgan fingerprint density at radius 3 is 3.00 bits per heavy atom. The van der Waals surface area contributed by atoms with Crippen molar-refractivity contribution in [2.75, 3.05) is 0 Å². The lowest BCUT2D eigenvalue weighted by molar-refractivity contribution is 0.948. The number of rotatable bonds is 0. The third-order valence-electron chi connectivity index (χ3n) is 2.35. The monoisotopic (exact) mass is 184 g/mol. The first-order chi connectivity index (χ1) is 6.84. The molecular formula is C10H8N4. The summed E-state index contributed by atoms with van der Waals surface area (Å²) in [6, 6.07) is 4.03. The molecule has 0 bridgehead atoms. The lowest BCUT2D eigenvalue weighted by atomic mass is 10.2. The number of fused-ring (bicyclic) bond motifs is 2. The van der Waals surface area contributed by atoms with Crippen molar-refractivity contribution in [3.05, 3.63) is 31.0 Å². The van der Waals surface area contributed by atoms with Crippen LogP contribution in [0.5, 0.6) is 0 Å². The minimum Gasteiger partial charge on any atom is -0.334 e. The summed E-state index contributed by atoms with van der Waals surface area (Å²) < 4.78 is 1.99. The number of hydrogen-bond acceptors (Lipinski definition) is 3. The van der Waals surface area contributed by atoms with E-state index in [0.717, 1.165) is 21.9 Å². The number of imidazole rings is 1. The normalized spacial score (nSPS) is 11.2. The van der Waals surface area contributed by atoms with E-state index in [1.165, 1.54) is 0 Å². The quantitative estimate of drug-likeness (QED) is 0.532. The van der Waals surface area contributed by atoms with Crippen molar-refractivity contribution in [3.63, 3.8) is 0 Å². The highest BCUT2D eigenvalue weighted by Gasteiger charge is 2.02. The fourth-order valence-electron chi connectivity index (χ4n) is 1.60. The van der Waals surface area contributed by atoms with Crippen LogP contribution in [0.25, 0.3) is 21.9 Å². The molecule has 14 heavy (non-hydrogen) atoms. The molecule has 3 aromatic rings. The van der Waals surface area contributed by atoms with Crippen LogP contribution in [-0.2, 0) is 7.05 Å². The van der Waals surface area contributed by atoms with Crippen LogP contribution >= 0.6 is 0 Å². The highest BCUT2D eigenvalue weighted by molar-refractivity contribution is 5.92. The van der Waals surface area contributed by atoms with Gasteiger partial charge in [0.1, 0.15) is 6.33 Å². The standard InChI is InChI=1S/C10H8N4/c1-14-6-13-9-3-8-7(2-10(9)14)4-11-5-12-8/h2-6H,1H3. The Balaban J connectivity index is 2.54. The zero-order valence-corrected chi connectivity index (χ0v) is 7.68. The van der Waals surface area contributed by atoms with Gasteiger partial charge in [-0.15, -0.1) is 0 Å². The summed E-state index contributed by atoms with van der Waals surface area (Å²) in [6.45, 7) is 0. The van der Waals surface area contributed by atoms with Crippen molar-refractivity contribution >= 4 is 21.9 Å². The molecule has 0 atom stereocenters. The molecule has 0 aliphatic carbocycles. The topological polar surface area (TPSA) is 43.6 Å². The van der Waals surface area contributed by atoms with Crippen molar-refractivity contribution < 1.29 is 0 Å². The van der Waals surface area contributed by atoms with Crippen LogP contribution in [-0.4, -0.2) is 19.5 Å². The molecule has 0 fully saturated rings. The van der Waals surface area contributed by atoms with E-state index in [-0.39, 0.29) is 0 Å². The lowest BCUT2D eigenvalue weighted by Crippen LogP contribution is -1.85. The van der Waals surface area contributed by atoms with E-state index in [9.17, 15) is 0 Å². The van der Waals surface area contributed by atoms with Gasteiger partial charge in [0.2, 0.25) is 0 Å². The molecule has 0 aliphatic rings. The average molecular weight is 184 g/mol. The summed E-state index contributed by atoms with van der Waals surface area (Å²) in [5, 5.41) is 1.05. The van der Waals surface area contributed by atoms with E-state index in [2.05, 4.69) is 21.0 Å². The molecule has 3 rings (SSSR count). The van der Waals surface area contributed by atoms with Gasteiger partial charge in [-0.2, -0.15) is 0 Å². The molecule has 0 spiro atoms. The third kappa shape index (κ3) is 0.907. The van der Waals surface area contributed by atoms with Crippen LogP contribution in [0.1, 0.15) is 0 Å². The van der Waals surface area contributed by atoms with Crippen LogP contribution in [0.3, 0.4) is 0 Å². The Morgan fingerprint density at radius 1 is 1.14 bits per heavy atom. The summed E-state index contributed by atoms with van der Waals surface area (Å²) in [5.74, 6) is 0. The smallest absolute Gasteiger partial charge is 0.116 e. The summed E-state index contributed by atoms with van der Waals surface area (Å²) >= 11 is 0. The molecule has 0 aliphatic heterocycles. The second-order valence-corrected chi connectivity index (χ2v) is 3.28. The van der Waals surface area contributed by atoms with Crippen LogP contribution < -0.4 is 0 Å². The van der Waals surface area contributed by atoms with E-state index >= 15 is 0 Å². The Hall–Kier alpha value is -1.97. The van der Waals surface area contributed by atoms with Gasteiger partial charge >= 0.3 is 0 Å². The Labute approximate surface area is 80.2 Å². The summed E-state index contributed by atoms with van der Waals surface area (Å²) in [4.78, 5) is 12.4. The maximum absolute atomic E-state index is 4.27. The van der Waals surface area contributed by atoms with Gasteiger partial charge in [-0.3, -0.25) is 0 Å². The van der Waals surface area contributed by atoms with Crippen LogP contribution in [0.4, 0.5) is 0 Å². The van der Waals surface area contributed by atoms with Gasteiger partial charge in [0.15, 0.2) is 0 Å². The van der Waals surface area contributed by atoms with Gasteiger partial charge in [0, 0.05) is 18.6 Å². The predicted octanol–water partition coefficient (Wildman–Crippen LogP) is 1.52. The molecule has 0 radical (unpaired) electrons. The van der Waals surface area contributed by atoms with Gasteiger partial charge in [-0.25, -0.2) is 15.0 Å². The van der Waals surface area contributed by atoms with Gasteiger partial charge in [-0.1, -0.05) is 0 Å². The van der Waals surface area contributed by atoms with E-state index in [0.29, 0.717) is 0 Å². The third-order valence-corrected chi connectivity index (χ3v) is 2.35. The van der Waals surface area contributed by atoms with Gasteiger partial charge < -0.3 is 4.57 Å². The molecule has 2 heterocycles. The van der Waals surface area contributed by atoms with Crippen molar-refractivity contribution in [2.45, 2.75) is 0 Å². The van der Waals surface area contributed by atoms with Crippen LogP contribution in [0, 0.1) is 0 Å². The van der Waals surface area contributed by atoms with E-state index < -0.39 is 0 Å². The maximum Gasteiger partial charge on any atom is 0.116 e. The average Bonchev–Trinajstić information content (AvgIpc) is 2.57. The number of nitrogens with zero attached hydrogens (tertiary/aromatic N) is 4. The second kappa shape index (κ2) is 2.51. The van der Waals surface area contributed by atoms with Crippen molar-refractivity contribution in [1.29, 1.82) is 0 Å². The van der Waals surface area contributed by atoms with Crippen molar-refractivity contribution in [3.8, 4) is 0 Å². The van der Waals surface area contributed by atoms with Gasteiger partial charge in [-0.05, 0) is 12.1 Å². The van der Waals surface area contributed by atoms with E-state index in [1.807, 2.05) is 23.9 Å². The number of aromatic nitrogens is 4. The first-order valence-corrected chi connectivity index (χ1v) is 4.35. The molecule has 0 unspecified atom stereocenters. The summed E-state index contributed by atoms with van der Waals surface area (Å²) in [5.41, 5.74) is 3.01. The minimum absolute atomic E-state index is 0.936. The molecule has 4 heteroatoms. The summed E-state index contributed by atoms with van der Waals surface area (Å²) in [6.07, 6.45) is 5.17. The SMILES string of the molecule is Cn1cnc2cc3ncncc3cc21. The lowest BCUT2D eigenvalue weighted by Gasteiger charge is -1.97. The fraction of sp³-hybridized carbons (Fsp3) is 0.100. The first-order valence-electron chi connectivity index (χ1n) is 4.35. The minimum atomic E-state index is 0.936. The molecule has 0 amide bonds. The molecular weight excluding hydrogens is 176 g/mol. The molecule has 0 saturated carbocycles. The summed E-state index contributed by atoms with van der Waals surface area (Å²) in [7, 11) is 1.98. The fourth-order valence-corrected chi connectivity index (χ4v) is 1.60. The maximum atomic E-state index is 4.27. The molecule has 1 aromatic carbocycles. The predicted molar refractivity (Wildman–Crippen MR) is 53.8 cm³/mol. The number of aryl methyl sites for hydroxylation is 1. The zero-order chi connectivity index (χ0) is 9.54. The van der Waals surface area contributed by atoms with Crippen molar-refractivity contribution in [1.82, 2.24) is 19.5 Å². The van der Waals surface area contributed by atoms with Crippen LogP contribution in [0.15, 0.2) is 31.0 Å². The highest BCUT2D eigenvalue weighted by Crippen LogP contribution is 2.18. The van der Waals surface area contributed by atoms with Gasteiger partial charge in [0.25, 0.3) is 0 Å². The molecule has 68 valence electrons. The van der Waals surface area contributed by atoms with Gasteiger partial charge in [0.05, 0.1) is 22.9 Å². The first kappa shape index (κ1) is 7.44. The molecule has 0 N–H and O–H groups in total. The molecule has 4 nitrogen and oxygen atoms in total. The largest absolute Gasteiger partial charge is 0.334 e. The number of hydrogen-bond donors (Lipinski definition) is 0. The Morgan fingerprint density at radius 2 is 2.07 bits per heavy atom. The number of benzene rings is 1. The Kier molecular flexibility index (Phi) is 1.33. The van der Waals surface area contributed by atoms with E-state index in [4.69, 9.17) is 0 Å². The second-order valence-electron chi connectivity index (χ2n) is 3.28. The molecule has 0 saturated heterocycles. The Bertz CT molecular complexity index is 612. The highest BCUT2D eigenvalue weighted by atomic mass is 15.0. The van der Waals surface area contributed by atoms with Crippen molar-refractivity contribution in [2.24, 2.45) is 7.05 Å². The van der Waals surface area contributed by atoms with E-state index in [1.54, 1.807) is 12.7 Å². The molecule has 2 aromatic heterocycles.